The van der Waals surface area contributed by atoms with Gasteiger partial charge in [-0.25, -0.2) is 8.42 Å². The summed E-state index contributed by atoms with van der Waals surface area (Å²) in [6.45, 7) is 0. The van der Waals surface area contributed by atoms with Crippen LogP contribution in [-0.2, 0) is 14.8 Å². The summed E-state index contributed by atoms with van der Waals surface area (Å²) >= 11 is 5.97. The average Bonchev–Trinajstić information content (AvgIpc) is 2.31. The zero-order chi connectivity index (χ0) is 14.0. The average molecular weight is 301 g/mol. The number of rotatable bonds is 4. The zero-order valence-corrected chi connectivity index (χ0v) is 11.1. The minimum atomic E-state index is -3.97. The fourth-order valence-corrected chi connectivity index (χ4v) is 2.70. The van der Waals surface area contributed by atoms with E-state index in [0.717, 1.165) is 0 Å². The SMILES string of the molecule is O=C(O)CS(=O)(=O)Nc1ccc(Cl)c2cccnc12. The standard InChI is InChI=1S/C11H9ClN2O4S/c12-8-3-4-9(11-7(8)2-1-5-13-11)14-19(17,18)6-10(15)16/h1-5,14H,6H2,(H,15,16). The number of carbonyl (C=O) groups is 1. The highest BCUT2D eigenvalue weighted by atomic mass is 35.5. The van der Waals surface area contributed by atoms with Gasteiger partial charge in [-0.05, 0) is 24.3 Å². The molecular formula is C11H9ClN2O4S. The summed E-state index contributed by atoms with van der Waals surface area (Å²) in [5, 5.41) is 9.55. The predicted molar refractivity (Wildman–Crippen MR) is 71.8 cm³/mol. The van der Waals surface area contributed by atoms with Crippen LogP contribution in [0.5, 0.6) is 0 Å². The highest BCUT2D eigenvalue weighted by Crippen LogP contribution is 2.28. The molecule has 0 aliphatic rings. The Hall–Kier alpha value is -1.86. The topological polar surface area (TPSA) is 96.4 Å². The number of nitrogens with zero attached hydrogens (tertiary/aromatic N) is 1. The fraction of sp³-hybridized carbons (Fsp3) is 0.0909. The summed E-state index contributed by atoms with van der Waals surface area (Å²) in [7, 11) is -3.97. The Labute approximate surface area is 114 Å². The number of benzene rings is 1. The van der Waals surface area contributed by atoms with Gasteiger partial charge in [0.1, 0.15) is 0 Å². The van der Waals surface area contributed by atoms with Crippen LogP contribution in [0.2, 0.25) is 5.02 Å². The van der Waals surface area contributed by atoms with Gasteiger partial charge in [-0.2, -0.15) is 0 Å². The number of sulfonamides is 1. The Morgan fingerprint density at radius 2 is 2.11 bits per heavy atom. The third-order valence-electron chi connectivity index (χ3n) is 2.30. The van der Waals surface area contributed by atoms with Crippen LogP contribution >= 0.6 is 11.6 Å². The van der Waals surface area contributed by atoms with Crippen molar-refractivity contribution in [1.82, 2.24) is 4.98 Å². The van der Waals surface area contributed by atoms with Crippen LogP contribution < -0.4 is 4.72 Å². The van der Waals surface area contributed by atoms with Crippen molar-refractivity contribution in [2.24, 2.45) is 0 Å². The van der Waals surface area contributed by atoms with Crippen LogP contribution in [-0.4, -0.2) is 30.2 Å². The second kappa shape index (κ2) is 5.02. The van der Waals surface area contributed by atoms with Gasteiger partial charge in [-0.1, -0.05) is 11.6 Å². The van der Waals surface area contributed by atoms with Crippen molar-refractivity contribution in [2.45, 2.75) is 0 Å². The van der Waals surface area contributed by atoms with E-state index in [4.69, 9.17) is 16.7 Å². The first kappa shape index (κ1) is 13.6. The summed E-state index contributed by atoms with van der Waals surface area (Å²) in [4.78, 5) is 14.5. The number of anilines is 1. The number of fused-ring (bicyclic) bond motifs is 1. The molecule has 2 N–H and O–H groups in total. The Morgan fingerprint density at radius 3 is 2.79 bits per heavy atom. The van der Waals surface area contributed by atoms with Crippen molar-refractivity contribution in [3.8, 4) is 0 Å². The lowest BCUT2D eigenvalue weighted by molar-refractivity contribution is -0.134. The number of carboxylic acid groups (broad SMARTS) is 1. The number of halogens is 1. The van der Waals surface area contributed by atoms with Crippen molar-refractivity contribution in [3.63, 3.8) is 0 Å². The number of carboxylic acids is 1. The van der Waals surface area contributed by atoms with Crippen LogP contribution in [0.15, 0.2) is 30.5 Å². The largest absolute Gasteiger partial charge is 0.480 e. The van der Waals surface area contributed by atoms with Crippen molar-refractivity contribution < 1.29 is 18.3 Å². The molecule has 0 spiro atoms. The lowest BCUT2D eigenvalue weighted by Crippen LogP contribution is -2.22. The maximum absolute atomic E-state index is 11.6. The van der Waals surface area contributed by atoms with E-state index in [2.05, 4.69) is 9.71 Å². The molecule has 0 aliphatic carbocycles. The van der Waals surface area contributed by atoms with Gasteiger partial charge in [0.15, 0.2) is 5.75 Å². The zero-order valence-electron chi connectivity index (χ0n) is 9.50. The monoisotopic (exact) mass is 300 g/mol. The van der Waals surface area contributed by atoms with E-state index < -0.39 is 21.7 Å². The first-order chi connectivity index (χ1) is 8.89. The van der Waals surface area contributed by atoms with Crippen LogP contribution in [0.25, 0.3) is 10.9 Å². The smallest absolute Gasteiger partial charge is 0.320 e. The number of aliphatic carboxylic acids is 1. The van der Waals surface area contributed by atoms with Gasteiger partial charge in [-0.15, -0.1) is 0 Å². The summed E-state index contributed by atoms with van der Waals surface area (Å²) < 4.78 is 25.4. The summed E-state index contributed by atoms with van der Waals surface area (Å²) in [5.41, 5.74) is 0.560. The van der Waals surface area contributed by atoms with E-state index in [1.807, 2.05) is 0 Å². The molecule has 19 heavy (non-hydrogen) atoms. The lowest BCUT2D eigenvalue weighted by atomic mass is 10.2. The molecule has 0 atom stereocenters. The number of hydrogen-bond donors (Lipinski definition) is 2. The van der Waals surface area contributed by atoms with Gasteiger partial charge in [0.05, 0.1) is 16.2 Å². The van der Waals surface area contributed by atoms with Gasteiger partial charge >= 0.3 is 5.97 Å². The Morgan fingerprint density at radius 1 is 1.37 bits per heavy atom. The molecule has 100 valence electrons. The molecule has 0 radical (unpaired) electrons. The maximum atomic E-state index is 11.6. The quantitative estimate of drug-likeness (QED) is 0.896. The highest BCUT2D eigenvalue weighted by molar-refractivity contribution is 7.93. The highest BCUT2D eigenvalue weighted by Gasteiger charge is 2.17. The van der Waals surface area contributed by atoms with E-state index >= 15 is 0 Å². The molecule has 2 aromatic rings. The predicted octanol–water partition coefficient (Wildman–Crippen LogP) is 1.71. The molecular weight excluding hydrogens is 292 g/mol. The second-order valence-electron chi connectivity index (χ2n) is 3.75. The van der Waals surface area contributed by atoms with Crippen molar-refractivity contribution in [1.29, 1.82) is 0 Å². The molecule has 0 unspecified atom stereocenters. The van der Waals surface area contributed by atoms with Gasteiger partial charge in [0.2, 0.25) is 10.0 Å². The molecule has 1 aromatic carbocycles. The van der Waals surface area contributed by atoms with E-state index in [-0.39, 0.29) is 5.69 Å². The van der Waals surface area contributed by atoms with E-state index in [1.165, 1.54) is 18.3 Å². The summed E-state index contributed by atoms with van der Waals surface area (Å²) in [5.74, 6) is -2.44. The van der Waals surface area contributed by atoms with Gasteiger partial charge in [-0.3, -0.25) is 14.5 Å². The van der Waals surface area contributed by atoms with Gasteiger partial charge in [0.25, 0.3) is 0 Å². The van der Waals surface area contributed by atoms with Crippen LogP contribution in [0.4, 0.5) is 5.69 Å². The number of hydrogen-bond acceptors (Lipinski definition) is 4. The molecule has 0 saturated carbocycles. The molecule has 6 nitrogen and oxygen atoms in total. The number of nitrogens with one attached hydrogen (secondary N) is 1. The molecule has 0 bridgehead atoms. The number of pyridine rings is 1. The van der Waals surface area contributed by atoms with Crippen LogP contribution in [0.1, 0.15) is 0 Å². The summed E-state index contributed by atoms with van der Waals surface area (Å²) in [6, 6.07) is 6.32. The Kier molecular flexibility index (Phi) is 3.59. The molecule has 0 fully saturated rings. The number of aromatic nitrogens is 1. The Bertz CT molecular complexity index is 745. The first-order valence-corrected chi connectivity index (χ1v) is 7.17. The van der Waals surface area contributed by atoms with Gasteiger partial charge in [0, 0.05) is 11.6 Å². The van der Waals surface area contributed by atoms with Crippen LogP contribution in [0.3, 0.4) is 0 Å². The maximum Gasteiger partial charge on any atom is 0.320 e. The molecule has 2 rings (SSSR count). The molecule has 8 heteroatoms. The third-order valence-corrected chi connectivity index (χ3v) is 3.78. The van der Waals surface area contributed by atoms with E-state index in [0.29, 0.717) is 15.9 Å². The molecule has 0 amide bonds. The first-order valence-electron chi connectivity index (χ1n) is 5.14. The Balaban J connectivity index is 2.47. The van der Waals surface area contributed by atoms with E-state index in [9.17, 15) is 13.2 Å². The van der Waals surface area contributed by atoms with Crippen molar-refractivity contribution in [2.75, 3.05) is 10.5 Å². The second-order valence-corrected chi connectivity index (χ2v) is 5.88. The van der Waals surface area contributed by atoms with Crippen molar-refractivity contribution in [3.05, 3.63) is 35.5 Å². The summed E-state index contributed by atoms with van der Waals surface area (Å²) in [6.07, 6.45) is 1.49. The molecule has 0 aliphatic heterocycles. The van der Waals surface area contributed by atoms with Crippen molar-refractivity contribution >= 4 is 44.2 Å². The normalized spacial score (nSPS) is 11.4. The third kappa shape index (κ3) is 3.12. The van der Waals surface area contributed by atoms with Gasteiger partial charge < -0.3 is 5.11 Å². The van der Waals surface area contributed by atoms with Crippen LogP contribution in [0, 0.1) is 0 Å². The lowest BCUT2D eigenvalue weighted by Gasteiger charge is -2.09. The fourth-order valence-electron chi connectivity index (χ4n) is 1.59. The molecule has 1 aromatic heterocycles. The van der Waals surface area contributed by atoms with E-state index in [1.54, 1.807) is 12.1 Å². The minimum absolute atomic E-state index is 0.196. The molecule has 0 saturated heterocycles. The molecule has 1 heterocycles. The minimum Gasteiger partial charge on any atom is -0.480 e.